The number of rotatable bonds is 6. The number of hydrogen-bond acceptors (Lipinski definition) is 3. The van der Waals surface area contributed by atoms with Crippen LogP contribution in [0.5, 0.6) is 0 Å². The molecule has 3 rings (SSSR count). The van der Waals surface area contributed by atoms with Crippen LogP contribution in [0.3, 0.4) is 0 Å². The summed E-state index contributed by atoms with van der Waals surface area (Å²) in [4.78, 5) is 30.9. The number of aromatic nitrogens is 1. The maximum atomic E-state index is 12.5. The SMILES string of the molecule is Cc1cccc(CCNC(=O)[C@@H]2CCC(=O)N(Cc3ccc(Cl)cc3)C2)n1. The molecule has 0 unspecified atom stereocenters. The van der Waals surface area contributed by atoms with Crippen LogP contribution in [0.1, 0.15) is 29.8 Å². The van der Waals surface area contributed by atoms with Crippen molar-refractivity contribution in [1.82, 2.24) is 15.2 Å². The van der Waals surface area contributed by atoms with Gasteiger partial charge in [-0.05, 0) is 43.2 Å². The summed E-state index contributed by atoms with van der Waals surface area (Å²) in [7, 11) is 0. The number of carbonyl (C=O) groups is 2. The van der Waals surface area contributed by atoms with Crippen LogP contribution in [-0.2, 0) is 22.6 Å². The first-order chi connectivity index (χ1) is 13.0. The van der Waals surface area contributed by atoms with E-state index >= 15 is 0 Å². The predicted molar refractivity (Wildman–Crippen MR) is 105 cm³/mol. The summed E-state index contributed by atoms with van der Waals surface area (Å²) in [6.45, 7) is 3.47. The number of nitrogens with zero attached hydrogens (tertiary/aromatic N) is 2. The Labute approximate surface area is 164 Å². The Bertz CT molecular complexity index is 807. The van der Waals surface area contributed by atoms with E-state index in [9.17, 15) is 9.59 Å². The van der Waals surface area contributed by atoms with E-state index in [1.54, 1.807) is 4.90 Å². The molecule has 1 aromatic carbocycles. The average molecular weight is 386 g/mol. The maximum Gasteiger partial charge on any atom is 0.224 e. The van der Waals surface area contributed by atoms with E-state index in [1.165, 1.54) is 0 Å². The highest BCUT2D eigenvalue weighted by Gasteiger charge is 2.30. The van der Waals surface area contributed by atoms with Crippen LogP contribution in [0.15, 0.2) is 42.5 Å². The Morgan fingerprint density at radius 2 is 2.04 bits per heavy atom. The topological polar surface area (TPSA) is 62.3 Å². The van der Waals surface area contributed by atoms with Gasteiger partial charge in [-0.25, -0.2) is 0 Å². The molecule has 1 aliphatic heterocycles. The van der Waals surface area contributed by atoms with Gasteiger partial charge in [-0.3, -0.25) is 14.6 Å². The molecule has 2 amide bonds. The minimum absolute atomic E-state index is 0.0104. The van der Waals surface area contributed by atoms with Gasteiger partial charge in [-0.1, -0.05) is 29.8 Å². The molecule has 142 valence electrons. The summed E-state index contributed by atoms with van der Waals surface area (Å²) < 4.78 is 0. The monoisotopic (exact) mass is 385 g/mol. The fourth-order valence-corrected chi connectivity index (χ4v) is 3.41. The molecule has 5 nitrogen and oxygen atoms in total. The molecule has 0 spiro atoms. The number of benzene rings is 1. The van der Waals surface area contributed by atoms with Gasteiger partial charge < -0.3 is 10.2 Å². The molecule has 6 heteroatoms. The van der Waals surface area contributed by atoms with Crippen molar-refractivity contribution in [3.05, 3.63) is 64.4 Å². The quantitative estimate of drug-likeness (QED) is 0.830. The summed E-state index contributed by atoms with van der Waals surface area (Å²) >= 11 is 5.91. The molecule has 0 bridgehead atoms. The number of nitrogens with one attached hydrogen (secondary N) is 1. The van der Waals surface area contributed by atoms with Gasteiger partial charge in [0, 0.05) is 48.9 Å². The fraction of sp³-hybridized carbons (Fsp3) is 0.381. The zero-order valence-corrected chi connectivity index (χ0v) is 16.2. The Morgan fingerprint density at radius 1 is 1.26 bits per heavy atom. The molecule has 1 aromatic heterocycles. The molecule has 0 radical (unpaired) electrons. The first-order valence-electron chi connectivity index (χ1n) is 9.24. The van der Waals surface area contributed by atoms with Gasteiger partial charge in [0.1, 0.15) is 0 Å². The zero-order valence-electron chi connectivity index (χ0n) is 15.5. The normalized spacial score (nSPS) is 17.0. The molecule has 1 N–H and O–H groups in total. The second-order valence-corrected chi connectivity index (χ2v) is 7.38. The predicted octanol–water partition coefficient (Wildman–Crippen LogP) is 3.14. The largest absolute Gasteiger partial charge is 0.355 e. The van der Waals surface area contributed by atoms with Gasteiger partial charge in [0.25, 0.3) is 0 Å². The third kappa shape index (κ3) is 5.54. The third-order valence-electron chi connectivity index (χ3n) is 4.78. The third-order valence-corrected chi connectivity index (χ3v) is 5.04. The number of aryl methyl sites for hydroxylation is 1. The molecule has 1 saturated heterocycles. The molecule has 2 aromatic rings. The fourth-order valence-electron chi connectivity index (χ4n) is 3.29. The summed E-state index contributed by atoms with van der Waals surface area (Å²) in [6, 6.07) is 13.3. The Morgan fingerprint density at radius 3 is 2.78 bits per heavy atom. The van der Waals surface area contributed by atoms with Gasteiger partial charge in [0.05, 0.1) is 5.92 Å². The highest BCUT2D eigenvalue weighted by atomic mass is 35.5. The number of amides is 2. The van der Waals surface area contributed by atoms with E-state index in [4.69, 9.17) is 11.6 Å². The lowest BCUT2D eigenvalue weighted by molar-refractivity contribution is -0.138. The zero-order chi connectivity index (χ0) is 19.2. The molecule has 0 aliphatic carbocycles. The van der Waals surface area contributed by atoms with E-state index in [0.717, 1.165) is 17.0 Å². The van der Waals surface area contributed by atoms with Crippen molar-refractivity contribution >= 4 is 23.4 Å². The highest BCUT2D eigenvalue weighted by molar-refractivity contribution is 6.30. The number of piperidine rings is 1. The van der Waals surface area contributed by atoms with Gasteiger partial charge in [-0.2, -0.15) is 0 Å². The Balaban J connectivity index is 1.51. The number of carbonyl (C=O) groups excluding carboxylic acids is 2. The van der Waals surface area contributed by atoms with Gasteiger partial charge in [-0.15, -0.1) is 0 Å². The smallest absolute Gasteiger partial charge is 0.224 e. The van der Waals surface area contributed by atoms with E-state index < -0.39 is 0 Å². The van der Waals surface area contributed by atoms with Crippen molar-refractivity contribution in [2.75, 3.05) is 13.1 Å². The minimum atomic E-state index is -0.166. The Kier molecular flexibility index (Phi) is 6.45. The Hall–Kier alpha value is -2.40. The van der Waals surface area contributed by atoms with Crippen molar-refractivity contribution in [1.29, 1.82) is 0 Å². The molecule has 1 atom stereocenters. The second-order valence-electron chi connectivity index (χ2n) is 6.95. The number of halogens is 1. The van der Waals surface area contributed by atoms with Crippen molar-refractivity contribution in [2.24, 2.45) is 5.92 Å². The lowest BCUT2D eigenvalue weighted by Crippen LogP contribution is -2.45. The summed E-state index contributed by atoms with van der Waals surface area (Å²) in [5, 5.41) is 3.66. The van der Waals surface area contributed by atoms with Gasteiger partial charge in [0.2, 0.25) is 11.8 Å². The van der Waals surface area contributed by atoms with Crippen LogP contribution in [0.4, 0.5) is 0 Å². The molecular formula is C21H24ClN3O2. The molecule has 2 heterocycles. The van der Waals surface area contributed by atoms with Crippen LogP contribution in [0.2, 0.25) is 5.02 Å². The minimum Gasteiger partial charge on any atom is -0.355 e. The van der Waals surface area contributed by atoms with E-state index in [1.807, 2.05) is 49.4 Å². The van der Waals surface area contributed by atoms with Crippen molar-refractivity contribution in [3.63, 3.8) is 0 Å². The lowest BCUT2D eigenvalue weighted by atomic mass is 9.96. The highest BCUT2D eigenvalue weighted by Crippen LogP contribution is 2.20. The van der Waals surface area contributed by atoms with E-state index in [-0.39, 0.29) is 17.7 Å². The standard InChI is InChI=1S/C21H24ClN3O2/c1-15-3-2-4-19(24-15)11-12-23-21(27)17-7-10-20(26)25(14-17)13-16-5-8-18(22)9-6-16/h2-6,8-9,17H,7,10-14H2,1H3,(H,23,27)/t17-/m1/s1. The van der Waals surface area contributed by atoms with Crippen molar-refractivity contribution in [3.8, 4) is 0 Å². The molecular weight excluding hydrogens is 362 g/mol. The van der Waals surface area contributed by atoms with Gasteiger partial charge >= 0.3 is 0 Å². The average Bonchev–Trinajstić information content (AvgIpc) is 2.65. The maximum absolute atomic E-state index is 12.5. The van der Waals surface area contributed by atoms with Crippen LogP contribution >= 0.6 is 11.6 Å². The van der Waals surface area contributed by atoms with Crippen molar-refractivity contribution < 1.29 is 9.59 Å². The van der Waals surface area contributed by atoms with E-state index in [2.05, 4.69) is 10.3 Å². The summed E-state index contributed by atoms with van der Waals surface area (Å²) in [6.07, 6.45) is 1.71. The molecule has 1 aliphatic rings. The summed E-state index contributed by atoms with van der Waals surface area (Å²) in [5.74, 6) is -0.0605. The molecule has 1 fully saturated rings. The first kappa shape index (κ1) is 19.4. The second kappa shape index (κ2) is 9.00. The van der Waals surface area contributed by atoms with Crippen molar-refractivity contribution in [2.45, 2.75) is 32.7 Å². The van der Waals surface area contributed by atoms with Crippen LogP contribution in [-0.4, -0.2) is 34.8 Å². The summed E-state index contributed by atoms with van der Waals surface area (Å²) in [5.41, 5.74) is 2.96. The van der Waals surface area contributed by atoms with Crippen LogP contribution < -0.4 is 5.32 Å². The molecule has 0 saturated carbocycles. The number of pyridine rings is 1. The van der Waals surface area contributed by atoms with Gasteiger partial charge in [0.15, 0.2) is 0 Å². The number of hydrogen-bond donors (Lipinski definition) is 1. The van der Waals surface area contributed by atoms with Crippen LogP contribution in [0, 0.1) is 12.8 Å². The number of likely N-dealkylation sites (tertiary alicyclic amines) is 1. The lowest BCUT2D eigenvalue weighted by Gasteiger charge is -2.32. The van der Waals surface area contributed by atoms with Crippen LogP contribution in [0.25, 0.3) is 0 Å². The first-order valence-corrected chi connectivity index (χ1v) is 9.61. The molecule has 27 heavy (non-hydrogen) atoms. The van der Waals surface area contributed by atoms with E-state index in [0.29, 0.717) is 43.9 Å².